The highest BCUT2D eigenvalue weighted by atomic mass is 16.6. The maximum atomic E-state index is 5.62. The van der Waals surface area contributed by atoms with E-state index in [9.17, 15) is 0 Å². The van der Waals surface area contributed by atoms with E-state index in [1.165, 1.54) is 0 Å². The monoisotopic (exact) mass is 226 g/mol. The van der Waals surface area contributed by atoms with Crippen LogP contribution in [0.3, 0.4) is 0 Å². The molecule has 1 N–H and O–H groups in total. The van der Waals surface area contributed by atoms with Gasteiger partial charge in [0.15, 0.2) is 5.82 Å². The lowest BCUT2D eigenvalue weighted by molar-refractivity contribution is -0.0947. The third-order valence-electron chi connectivity index (χ3n) is 2.53. The molecule has 1 saturated heterocycles. The smallest absolute Gasteiger partial charge is 0.224 e. The van der Waals surface area contributed by atoms with Gasteiger partial charge in [-0.2, -0.15) is 0 Å². The van der Waals surface area contributed by atoms with Crippen LogP contribution < -0.4 is 5.32 Å². The Labute approximate surface area is 94.9 Å². The summed E-state index contributed by atoms with van der Waals surface area (Å²) in [5.74, 6) is 1.65. The van der Waals surface area contributed by atoms with Crippen LogP contribution in [0.25, 0.3) is 0 Å². The van der Waals surface area contributed by atoms with Crippen LogP contribution in [0.5, 0.6) is 0 Å². The first-order valence-corrected chi connectivity index (χ1v) is 5.73. The summed E-state index contributed by atoms with van der Waals surface area (Å²) in [6, 6.07) is 0. The van der Waals surface area contributed by atoms with E-state index in [4.69, 9.17) is 9.47 Å². The number of ether oxygens (including phenoxy) is 2. The Hall–Kier alpha value is -1.14. The van der Waals surface area contributed by atoms with Crippen LogP contribution in [0.2, 0.25) is 0 Å². The van der Waals surface area contributed by atoms with Gasteiger partial charge < -0.3 is 14.8 Å². The largest absolute Gasteiger partial charge is 0.376 e. The van der Waals surface area contributed by atoms with Crippen LogP contribution in [0.1, 0.15) is 25.8 Å². The normalized spacial score (nSPS) is 21.0. The number of hydrogen-bond donors (Lipinski definition) is 1. The molecule has 1 aliphatic rings. The van der Waals surface area contributed by atoms with E-state index in [1.54, 1.807) is 0 Å². The number of anilines is 1. The minimum Gasteiger partial charge on any atom is -0.376 e. The van der Waals surface area contributed by atoms with Gasteiger partial charge in [0.2, 0.25) is 5.95 Å². The summed E-state index contributed by atoms with van der Waals surface area (Å²) in [5.41, 5.74) is 0. The maximum absolute atomic E-state index is 5.62. The molecule has 16 heavy (non-hydrogen) atoms. The molecule has 1 fully saturated rings. The summed E-state index contributed by atoms with van der Waals surface area (Å²) < 4.78 is 13.0. The molecule has 0 bridgehead atoms. The zero-order chi connectivity index (χ0) is 11.4. The number of rotatable bonds is 4. The van der Waals surface area contributed by atoms with Crippen LogP contribution >= 0.6 is 0 Å². The number of nitrogens with one attached hydrogen (secondary N) is 1. The van der Waals surface area contributed by atoms with E-state index >= 15 is 0 Å². The van der Waals surface area contributed by atoms with E-state index in [0.717, 1.165) is 24.9 Å². The summed E-state index contributed by atoms with van der Waals surface area (Å²) in [6.45, 7) is 7.61. The molecular formula is C10H18N4O2. The summed E-state index contributed by atoms with van der Waals surface area (Å²) >= 11 is 0. The average Bonchev–Trinajstić information content (AvgIpc) is 2.73. The molecule has 1 aliphatic heterocycles. The van der Waals surface area contributed by atoms with Crippen molar-refractivity contribution in [1.29, 1.82) is 0 Å². The second-order valence-electron chi connectivity index (χ2n) is 3.59. The SMILES string of the molecule is CCNc1nnc(C2COCCO2)n1CC. The summed E-state index contributed by atoms with van der Waals surface area (Å²) in [5, 5.41) is 11.5. The number of nitrogens with zero attached hydrogens (tertiary/aromatic N) is 3. The zero-order valence-electron chi connectivity index (χ0n) is 9.77. The van der Waals surface area contributed by atoms with Gasteiger partial charge in [-0.3, -0.25) is 4.57 Å². The molecule has 0 aromatic carbocycles. The standard InChI is InChI=1S/C10H18N4O2/c1-3-11-10-13-12-9(14(10)4-2)8-7-15-5-6-16-8/h8H,3-7H2,1-2H3,(H,11,13). The van der Waals surface area contributed by atoms with Gasteiger partial charge >= 0.3 is 0 Å². The van der Waals surface area contributed by atoms with Crippen LogP contribution in [0.4, 0.5) is 5.95 Å². The van der Waals surface area contributed by atoms with E-state index in [2.05, 4.69) is 22.4 Å². The van der Waals surface area contributed by atoms with Gasteiger partial charge in [-0.1, -0.05) is 0 Å². The zero-order valence-corrected chi connectivity index (χ0v) is 9.77. The third-order valence-corrected chi connectivity index (χ3v) is 2.53. The van der Waals surface area contributed by atoms with Gasteiger partial charge in [0, 0.05) is 13.1 Å². The third kappa shape index (κ3) is 2.17. The molecule has 2 heterocycles. The molecule has 1 atom stereocenters. The summed E-state index contributed by atoms with van der Waals surface area (Å²) in [4.78, 5) is 0. The van der Waals surface area contributed by atoms with E-state index in [-0.39, 0.29) is 6.10 Å². The van der Waals surface area contributed by atoms with E-state index in [0.29, 0.717) is 19.8 Å². The van der Waals surface area contributed by atoms with Crippen molar-refractivity contribution >= 4 is 5.95 Å². The lowest BCUT2D eigenvalue weighted by Gasteiger charge is -2.22. The second kappa shape index (κ2) is 5.27. The van der Waals surface area contributed by atoms with Gasteiger partial charge in [-0.15, -0.1) is 10.2 Å². The fraction of sp³-hybridized carbons (Fsp3) is 0.800. The van der Waals surface area contributed by atoms with Gasteiger partial charge in [0.05, 0.1) is 19.8 Å². The quantitative estimate of drug-likeness (QED) is 0.823. The Morgan fingerprint density at radius 1 is 1.38 bits per heavy atom. The lowest BCUT2D eigenvalue weighted by atomic mass is 10.3. The molecule has 90 valence electrons. The second-order valence-corrected chi connectivity index (χ2v) is 3.59. The predicted molar refractivity (Wildman–Crippen MR) is 59.4 cm³/mol. The van der Waals surface area contributed by atoms with Crippen LogP contribution in [0.15, 0.2) is 0 Å². The van der Waals surface area contributed by atoms with Crippen LogP contribution in [0, 0.1) is 0 Å². The fourth-order valence-corrected chi connectivity index (χ4v) is 1.79. The lowest BCUT2D eigenvalue weighted by Crippen LogP contribution is -2.25. The first-order chi connectivity index (χ1) is 7.86. The van der Waals surface area contributed by atoms with E-state index < -0.39 is 0 Å². The highest BCUT2D eigenvalue weighted by Crippen LogP contribution is 2.21. The Balaban J connectivity index is 2.18. The highest BCUT2D eigenvalue weighted by Gasteiger charge is 2.23. The Kier molecular flexibility index (Phi) is 3.74. The maximum Gasteiger partial charge on any atom is 0.224 e. The molecule has 0 saturated carbocycles. The molecular weight excluding hydrogens is 208 g/mol. The summed E-state index contributed by atoms with van der Waals surface area (Å²) in [6.07, 6.45) is -0.0893. The van der Waals surface area contributed by atoms with Crippen molar-refractivity contribution in [2.75, 3.05) is 31.7 Å². The first-order valence-electron chi connectivity index (χ1n) is 5.73. The molecule has 1 aromatic rings. The number of aromatic nitrogens is 3. The van der Waals surface area contributed by atoms with Gasteiger partial charge in [0.25, 0.3) is 0 Å². The highest BCUT2D eigenvalue weighted by molar-refractivity contribution is 5.26. The van der Waals surface area contributed by atoms with E-state index in [1.807, 2.05) is 11.5 Å². The topological polar surface area (TPSA) is 61.2 Å². The summed E-state index contributed by atoms with van der Waals surface area (Å²) in [7, 11) is 0. The Morgan fingerprint density at radius 3 is 2.88 bits per heavy atom. The molecule has 0 amide bonds. The fourth-order valence-electron chi connectivity index (χ4n) is 1.79. The minimum absolute atomic E-state index is 0.0893. The molecule has 0 spiro atoms. The average molecular weight is 226 g/mol. The molecule has 0 radical (unpaired) electrons. The minimum atomic E-state index is -0.0893. The Morgan fingerprint density at radius 2 is 2.25 bits per heavy atom. The van der Waals surface area contributed by atoms with Crippen molar-refractivity contribution < 1.29 is 9.47 Å². The van der Waals surface area contributed by atoms with Crippen molar-refractivity contribution in [3.8, 4) is 0 Å². The molecule has 6 nitrogen and oxygen atoms in total. The molecule has 2 rings (SSSR count). The van der Waals surface area contributed by atoms with Crippen molar-refractivity contribution in [3.63, 3.8) is 0 Å². The van der Waals surface area contributed by atoms with Gasteiger partial charge in [-0.25, -0.2) is 0 Å². The van der Waals surface area contributed by atoms with Gasteiger partial charge in [0.1, 0.15) is 6.10 Å². The Bertz CT molecular complexity index is 334. The van der Waals surface area contributed by atoms with Crippen LogP contribution in [-0.2, 0) is 16.0 Å². The van der Waals surface area contributed by atoms with Crippen LogP contribution in [-0.4, -0.2) is 41.1 Å². The van der Waals surface area contributed by atoms with Crippen molar-refractivity contribution in [1.82, 2.24) is 14.8 Å². The molecule has 1 unspecified atom stereocenters. The van der Waals surface area contributed by atoms with Crippen molar-refractivity contribution in [2.24, 2.45) is 0 Å². The first kappa shape index (κ1) is 11.3. The van der Waals surface area contributed by atoms with Crippen molar-refractivity contribution in [2.45, 2.75) is 26.5 Å². The predicted octanol–water partition coefficient (Wildman–Crippen LogP) is 0.818. The molecule has 6 heteroatoms. The van der Waals surface area contributed by atoms with Crippen molar-refractivity contribution in [3.05, 3.63) is 5.82 Å². The van der Waals surface area contributed by atoms with Gasteiger partial charge in [-0.05, 0) is 13.8 Å². The molecule has 1 aromatic heterocycles. The number of hydrogen-bond acceptors (Lipinski definition) is 5. The molecule has 0 aliphatic carbocycles.